The summed E-state index contributed by atoms with van der Waals surface area (Å²) in [5.74, 6) is 5.37. The molecule has 0 aromatic heterocycles. The van der Waals surface area contributed by atoms with Gasteiger partial charge in [-0.15, -0.1) is 0 Å². The van der Waals surface area contributed by atoms with Crippen LogP contribution in [0.4, 0.5) is 0 Å². The average Bonchev–Trinajstić information content (AvgIpc) is 2.30. The average molecular weight is 217 g/mol. The van der Waals surface area contributed by atoms with Gasteiger partial charge in [-0.3, -0.25) is 4.79 Å². The Hall–Kier alpha value is -1.79. The third kappa shape index (κ3) is 4.16. The van der Waals surface area contributed by atoms with Crippen molar-refractivity contribution < 1.29 is 9.53 Å². The molecular formula is C13H15NO2. The molecule has 0 unspecified atom stereocenters. The second-order valence-electron chi connectivity index (χ2n) is 3.29. The maximum Gasteiger partial charge on any atom is 0.317 e. The number of hydrogen-bond acceptors (Lipinski definition) is 3. The van der Waals surface area contributed by atoms with Crippen LogP contribution in [0.2, 0.25) is 0 Å². The fraction of sp³-hybridized carbons (Fsp3) is 0.308. The lowest BCUT2D eigenvalue weighted by molar-refractivity contribution is -0.139. The number of hydrogen-bond donors (Lipinski definition) is 1. The Morgan fingerprint density at radius 2 is 2.31 bits per heavy atom. The summed E-state index contributed by atoms with van der Waals surface area (Å²) in [5.41, 5.74) is 7.53. The van der Waals surface area contributed by atoms with Crippen LogP contribution in [0.25, 0.3) is 0 Å². The molecule has 0 aliphatic heterocycles. The number of esters is 1. The Balaban J connectivity index is 2.65. The quantitative estimate of drug-likeness (QED) is 0.609. The predicted molar refractivity (Wildman–Crippen MR) is 62.7 cm³/mol. The summed E-state index contributed by atoms with van der Waals surface area (Å²) < 4.78 is 4.49. The van der Waals surface area contributed by atoms with Crippen molar-refractivity contribution >= 4 is 5.97 Å². The number of methoxy groups -OCH3 is 1. The van der Waals surface area contributed by atoms with Crippen LogP contribution in [-0.4, -0.2) is 19.6 Å². The minimum absolute atomic E-state index is 0.123. The number of nitrogens with two attached hydrogens (primary N) is 1. The summed E-state index contributed by atoms with van der Waals surface area (Å²) in [7, 11) is 1.35. The first kappa shape index (κ1) is 12.3. The summed E-state index contributed by atoms with van der Waals surface area (Å²) in [6, 6.07) is 7.84. The van der Waals surface area contributed by atoms with Gasteiger partial charge in [-0.2, -0.15) is 0 Å². The van der Waals surface area contributed by atoms with Gasteiger partial charge < -0.3 is 10.5 Å². The highest BCUT2D eigenvalue weighted by Crippen LogP contribution is 2.04. The van der Waals surface area contributed by atoms with E-state index in [1.807, 2.05) is 24.3 Å². The van der Waals surface area contributed by atoms with Gasteiger partial charge >= 0.3 is 5.97 Å². The third-order valence-corrected chi connectivity index (χ3v) is 2.05. The van der Waals surface area contributed by atoms with Gasteiger partial charge in [-0.1, -0.05) is 24.0 Å². The second-order valence-corrected chi connectivity index (χ2v) is 3.29. The van der Waals surface area contributed by atoms with E-state index in [4.69, 9.17) is 5.73 Å². The number of ether oxygens (including phenoxy) is 1. The van der Waals surface area contributed by atoms with Crippen molar-refractivity contribution in [2.45, 2.75) is 12.8 Å². The molecule has 1 aromatic carbocycles. The highest BCUT2D eigenvalue weighted by molar-refractivity contribution is 5.72. The SMILES string of the molecule is COC(=O)CC#Cc1cccc(CCN)c1. The zero-order valence-electron chi connectivity index (χ0n) is 9.32. The Morgan fingerprint density at radius 1 is 1.50 bits per heavy atom. The molecule has 0 atom stereocenters. The van der Waals surface area contributed by atoms with Crippen molar-refractivity contribution in [3.05, 3.63) is 35.4 Å². The molecule has 0 amide bonds. The highest BCUT2D eigenvalue weighted by atomic mass is 16.5. The van der Waals surface area contributed by atoms with Crippen LogP contribution in [0.1, 0.15) is 17.5 Å². The van der Waals surface area contributed by atoms with E-state index >= 15 is 0 Å². The van der Waals surface area contributed by atoms with Crippen LogP contribution in [0.5, 0.6) is 0 Å². The summed E-state index contributed by atoms with van der Waals surface area (Å²) >= 11 is 0. The zero-order chi connectivity index (χ0) is 11.8. The molecule has 0 aliphatic carbocycles. The molecule has 0 aliphatic rings. The molecule has 3 nitrogen and oxygen atoms in total. The molecule has 84 valence electrons. The molecule has 0 radical (unpaired) electrons. The van der Waals surface area contributed by atoms with Crippen LogP contribution < -0.4 is 5.73 Å². The highest BCUT2D eigenvalue weighted by Gasteiger charge is 1.95. The number of carbonyl (C=O) groups excluding carboxylic acids is 1. The third-order valence-electron chi connectivity index (χ3n) is 2.05. The smallest absolute Gasteiger partial charge is 0.317 e. The van der Waals surface area contributed by atoms with Gasteiger partial charge in [0.15, 0.2) is 0 Å². The first-order valence-corrected chi connectivity index (χ1v) is 5.11. The van der Waals surface area contributed by atoms with Gasteiger partial charge in [-0.05, 0) is 30.7 Å². The predicted octanol–water partition coefficient (Wildman–Crippen LogP) is 1.10. The maximum absolute atomic E-state index is 10.8. The van der Waals surface area contributed by atoms with Crippen molar-refractivity contribution in [1.29, 1.82) is 0 Å². The van der Waals surface area contributed by atoms with E-state index in [1.165, 1.54) is 7.11 Å². The Bertz CT molecular complexity index is 415. The summed E-state index contributed by atoms with van der Waals surface area (Å²) in [5, 5.41) is 0. The standard InChI is InChI=1S/C13H15NO2/c1-16-13(15)7-3-6-11-4-2-5-12(10-11)8-9-14/h2,4-5,10H,7-9,14H2,1H3. The van der Waals surface area contributed by atoms with E-state index in [-0.39, 0.29) is 12.4 Å². The lowest BCUT2D eigenvalue weighted by Gasteiger charge is -1.98. The lowest BCUT2D eigenvalue weighted by Crippen LogP contribution is -2.02. The maximum atomic E-state index is 10.8. The molecule has 0 heterocycles. The molecular weight excluding hydrogens is 202 g/mol. The van der Waals surface area contributed by atoms with Gasteiger partial charge in [-0.25, -0.2) is 0 Å². The van der Waals surface area contributed by atoms with Crippen molar-refractivity contribution in [3.8, 4) is 11.8 Å². The molecule has 1 aromatic rings. The van der Waals surface area contributed by atoms with Crippen molar-refractivity contribution in [3.63, 3.8) is 0 Å². The Morgan fingerprint density at radius 3 is 3.00 bits per heavy atom. The van der Waals surface area contributed by atoms with Gasteiger partial charge in [0, 0.05) is 5.56 Å². The Labute approximate surface area is 95.6 Å². The molecule has 16 heavy (non-hydrogen) atoms. The first-order chi connectivity index (χ1) is 7.76. The summed E-state index contributed by atoms with van der Waals surface area (Å²) in [6.45, 7) is 0.624. The number of carbonyl (C=O) groups is 1. The minimum Gasteiger partial charge on any atom is -0.468 e. The van der Waals surface area contributed by atoms with Crippen LogP contribution in [0, 0.1) is 11.8 Å². The molecule has 1 rings (SSSR count). The molecule has 0 saturated heterocycles. The van der Waals surface area contributed by atoms with E-state index in [1.54, 1.807) is 0 Å². The van der Waals surface area contributed by atoms with Crippen LogP contribution in [0.3, 0.4) is 0 Å². The van der Waals surface area contributed by atoms with Crippen molar-refractivity contribution in [1.82, 2.24) is 0 Å². The van der Waals surface area contributed by atoms with Crippen LogP contribution in [-0.2, 0) is 16.0 Å². The molecule has 2 N–H and O–H groups in total. The molecule has 0 saturated carbocycles. The van der Waals surface area contributed by atoms with Crippen LogP contribution >= 0.6 is 0 Å². The topological polar surface area (TPSA) is 52.3 Å². The van der Waals surface area contributed by atoms with Gasteiger partial charge in [0.1, 0.15) is 6.42 Å². The molecule has 3 heteroatoms. The van der Waals surface area contributed by atoms with E-state index in [0.29, 0.717) is 6.54 Å². The number of benzene rings is 1. The molecule has 0 bridgehead atoms. The van der Waals surface area contributed by atoms with Gasteiger partial charge in [0.25, 0.3) is 0 Å². The first-order valence-electron chi connectivity index (χ1n) is 5.11. The number of rotatable bonds is 3. The summed E-state index contributed by atoms with van der Waals surface area (Å²) in [6.07, 6.45) is 0.962. The molecule has 0 fully saturated rings. The lowest BCUT2D eigenvalue weighted by atomic mass is 10.1. The molecule has 0 spiro atoms. The van der Waals surface area contributed by atoms with E-state index < -0.39 is 0 Å². The van der Waals surface area contributed by atoms with E-state index in [2.05, 4.69) is 16.6 Å². The second kappa shape index (κ2) is 6.65. The fourth-order valence-electron chi connectivity index (χ4n) is 1.26. The zero-order valence-corrected chi connectivity index (χ0v) is 9.32. The fourth-order valence-corrected chi connectivity index (χ4v) is 1.26. The van der Waals surface area contributed by atoms with Gasteiger partial charge in [0.05, 0.1) is 7.11 Å². The normalized spacial score (nSPS) is 9.12. The van der Waals surface area contributed by atoms with Crippen LogP contribution in [0.15, 0.2) is 24.3 Å². The van der Waals surface area contributed by atoms with Crippen molar-refractivity contribution in [2.24, 2.45) is 5.73 Å². The largest absolute Gasteiger partial charge is 0.468 e. The van der Waals surface area contributed by atoms with Crippen molar-refractivity contribution in [2.75, 3.05) is 13.7 Å². The minimum atomic E-state index is -0.314. The van der Waals surface area contributed by atoms with E-state index in [0.717, 1.165) is 17.5 Å². The summed E-state index contributed by atoms with van der Waals surface area (Å²) in [4.78, 5) is 10.8. The monoisotopic (exact) mass is 217 g/mol. The van der Waals surface area contributed by atoms with E-state index in [9.17, 15) is 4.79 Å². The Kier molecular flexibility index (Phi) is 5.10. The van der Waals surface area contributed by atoms with Gasteiger partial charge in [0.2, 0.25) is 0 Å².